The fourth-order valence-corrected chi connectivity index (χ4v) is 4.65. The Bertz CT molecular complexity index is 865. The average molecular weight is 383 g/mol. The summed E-state index contributed by atoms with van der Waals surface area (Å²) >= 11 is 0. The number of nitrogens with two attached hydrogens (primary N) is 1. The first-order chi connectivity index (χ1) is 13.6. The Morgan fingerprint density at radius 2 is 1.93 bits per heavy atom. The molecule has 1 aromatic carbocycles. The average Bonchev–Trinajstić information content (AvgIpc) is 2.86. The van der Waals surface area contributed by atoms with Crippen LogP contribution in [0.4, 0.5) is 0 Å². The van der Waals surface area contributed by atoms with Crippen molar-refractivity contribution in [3.63, 3.8) is 0 Å². The number of hydrogen-bond donors (Lipinski definition) is 3. The molecule has 1 fully saturated rings. The molecular formula is C22H30N4O2. The van der Waals surface area contributed by atoms with Gasteiger partial charge in [0.1, 0.15) is 0 Å². The molecule has 6 heteroatoms. The second-order valence-electron chi connectivity index (χ2n) is 8.26. The first-order valence-corrected chi connectivity index (χ1v) is 10.5. The number of rotatable bonds is 5. The fraction of sp³-hybridized carbons (Fsp3) is 0.545. The number of aryl methyl sites for hydroxylation is 2. The van der Waals surface area contributed by atoms with Crippen LogP contribution in [-0.2, 0) is 29.0 Å². The van der Waals surface area contributed by atoms with Gasteiger partial charge in [-0.25, -0.2) is 0 Å². The third-order valence-corrected chi connectivity index (χ3v) is 6.22. The number of H-pyrrole nitrogens is 1. The van der Waals surface area contributed by atoms with Crippen molar-refractivity contribution in [2.75, 3.05) is 19.6 Å². The highest BCUT2D eigenvalue weighted by atomic mass is 16.2. The highest BCUT2D eigenvalue weighted by Crippen LogP contribution is 2.29. The number of carbonyl (C=O) groups is 2. The van der Waals surface area contributed by atoms with Crippen molar-refractivity contribution >= 4 is 22.7 Å². The monoisotopic (exact) mass is 382 g/mol. The normalized spacial score (nSPS) is 18.6. The van der Waals surface area contributed by atoms with Gasteiger partial charge in [0.25, 0.3) is 0 Å². The minimum Gasteiger partial charge on any atom is -0.369 e. The van der Waals surface area contributed by atoms with Gasteiger partial charge >= 0.3 is 0 Å². The van der Waals surface area contributed by atoms with Gasteiger partial charge in [-0.1, -0.05) is 12.5 Å². The molecule has 1 saturated heterocycles. The Morgan fingerprint density at radius 3 is 2.71 bits per heavy atom. The number of nitrogens with one attached hydrogen (secondary N) is 2. The maximum Gasteiger partial charge on any atom is 0.231 e. The van der Waals surface area contributed by atoms with Gasteiger partial charge in [0.15, 0.2) is 0 Å². The number of piperidine rings is 1. The fourth-order valence-electron chi connectivity index (χ4n) is 4.65. The van der Waals surface area contributed by atoms with E-state index >= 15 is 0 Å². The SMILES string of the molecule is NC(=O)CN1CCC(C(=O)NCc2ccc3[nH]c4c(c3c2)CCCCC4)CC1. The van der Waals surface area contributed by atoms with Crippen LogP contribution >= 0.6 is 0 Å². The van der Waals surface area contributed by atoms with E-state index in [1.165, 1.54) is 41.4 Å². The van der Waals surface area contributed by atoms with Gasteiger partial charge in [-0.05, 0) is 74.9 Å². The van der Waals surface area contributed by atoms with Crippen LogP contribution in [0.15, 0.2) is 18.2 Å². The zero-order chi connectivity index (χ0) is 19.5. The largest absolute Gasteiger partial charge is 0.369 e. The summed E-state index contributed by atoms with van der Waals surface area (Å²) < 4.78 is 0. The van der Waals surface area contributed by atoms with Crippen molar-refractivity contribution < 1.29 is 9.59 Å². The molecular weight excluding hydrogens is 352 g/mol. The Balaban J connectivity index is 1.36. The lowest BCUT2D eigenvalue weighted by Gasteiger charge is -2.30. The summed E-state index contributed by atoms with van der Waals surface area (Å²) in [4.78, 5) is 29.2. The Kier molecular flexibility index (Phi) is 5.67. The molecule has 2 amide bonds. The molecule has 0 saturated carbocycles. The van der Waals surface area contributed by atoms with Crippen molar-refractivity contribution in [2.24, 2.45) is 11.7 Å². The van der Waals surface area contributed by atoms with E-state index in [4.69, 9.17) is 5.73 Å². The van der Waals surface area contributed by atoms with Crippen molar-refractivity contribution in [1.82, 2.24) is 15.2 Å². The van der Waals surface area contributed by atoms with E-state index in [1.54, 1.807) is 0 Å². The molecule has 0 radical (unpaired) electrons. The molecule has 0 bridgehead atoms. The van der Waals surface area contributed by atoms with Gasteiger partial charge in [-0.15, -0.1) is 0 Å². The lowest BCUT2D eigenvalue weighted by atomic mass is 9.95. The number of likely N-dealkylation sites (tertiary alicyclic amines) is 1. The Hall–Kier alpha value is -2.34. The molecule has 0 unspecified atom stereocenters. The number of benzene rings is 1. The summed E-state index contributed by atoms with van der Waals surface area (Å²) in [6.45, 7) is 2.36. The maximum atomic E-state index is 12.6. The first kappa shape index (κ1) is 19.0. The molecule has 28 heavy (non-hydrogen) atoms. The molecule has 1 aromatic heterocycles. The summed E-state index contributed by atoms with van der Waals surface area (Å²) in [6, 6.07) is 6.49. The molecule has 4 N–H and O–H groups in total. The lowest BCUT2D eigenvalue weighted by molar-refractivity contribution is -0.126. The number of amides is 2. The van der Waals surface area contributed by atoms with Gasteiger partial charge in [-0.3, -0.25) is 14.5 Å². The molecule has 6 nitrogen and oxygen atoms in total. The number of hydrogen-bond acceptors (Lipinski definition) is 3. The van der Waals surface area contributed by atoms with Crippen LogP contribution in [0.1, 0.15) is 48.9 Å². The second-order valence-corrected chi connectivity index (χ2v) is 8.26. The quantitative estimate of drug-likeness (QED) is 0.693. The zero-order valence-corrected chi connectivity index (χ0v) is 16.4. The van der Waals surface area contributed by atoms with E-state index in [1.807, 2.05) is 4.90 Å². The van der Waals surface area contributed by atoms with Crippen LogP contribution < -0.4 is 11.1 Å². The summed E-state index contributed by atoms with van der Waals surface area (Å²) in [5.41, 5.74) is 10.5. The maximum absolute atomic E-state index is 12.6. The molecule has 0 atom stereocenters. The van der Waals surface area contributed by atoms with Gasteiger partial charge in [0.05, 0.1) is 6.54 Å². The number of aromatic amines is 1. The van der Waals surface area contributed by atoms with E-state index in [0.29, 0.717) is 6.54 Å². The van der Waals surface area contributed by atoms with Gasteiger partial charge < -0.3 is 16.0 Å². The number of primary amides is 1. The zero-order valence-electron chi connectivity index (χ0n) is 16.4. The Labute approximate surface area is 165 Å². The summed E-state index contributed by atoms with van der Waals surface area (Å²) in [5, 5.41) is 4.44. The van der Waals surface area contributed by atoms with Gasteiger partial charge in [-0.2, -0.15) is 0 Å². The van der Waals surface area contributed by atoms with Gasteiger partial charge in [0.2, 0.25) is 11.8 Å². The molecule has 0 spiro atoms. The molecule has 4 rings (SSSR count). The number of fused-ring (bicyclic) bond motifs is 3. The number of nitrogens with zero attached hydrogens (tertiary/aromatic N) is 1. The third kappa shape index (κ3) is 4.22. The first-order valence-electron chi connectivity index (χ1n) is 10.5. The molecule has 1 aliphatic heterocycles. The second kappa shape index (κ2) is 8.35. The molecule has 2 aliphatic rings. The highest BCUT2D eigenvalue weighted by molar-refractivity contribution is 5.86. The van der Waals surface area contributed by atoms with Crippen LogP contribution in [-0.4, -0.2) is 41.3 Å². The minimum atomic E-state index is -0.305. The predicted octanol–water partition coefficient (Wildman–Crippen LogP) is 2.25. The summed E-state index contributed by atoms with van der Waals surface area (Å²) in [6.07, 6.45) is 7.68. The molecule has 150 valence electrons. The van der Waals surface area contributed by atoms with Crippen LogP contribution in [0.25, 0.3) is 10.9 Å². The van der Waals surface area contributed by atoms with Crippen LogP contribution in [0, 0.1) is 5.92 Å². The van der Waals surface area contributed by atoms with Crippen molar-refractivity contribution in [3.8, 4) is 0 Å². The van der Waals surface area contributed by atoms with Gasteiger partial charge in [0, 0.05) is 29.1 Å². The Morgan fingerprint density at radius 1 is 1.14 bits per heavy atom. The minimum absolute atomic E-state index is 0.0244. The van der Waals surface area contributed by atoms with Crippen molar-refractivity contribution in [2.45, 2.75) is 51.5 Å². The molecule has 1 aliphatic carbocycles. The molecule has 2 heterocycles. The van der Waals surface area contributed by atoms with E-state index in [9.17, 15) is 9.59 Å². The number of aromatic nitrogens is 1. The standard InChI is InChI=1S/C22H30N4O2/c23-21(27)14-26-10-8-16(9-11-26)22(28)24-13-15-6-7-20-18(12-15)17-4-2-1-3-5-19(17)25-20/h6-7,12,16,25H,1-5,8-11,13-14H2,(H2,23,27)(H,24,28). The van der Waals surface area contributed by atoms with E-state index in [0.717, 1.165) is 44.3 Å². The summed E-state index contributed by atoms with van der Waals surface area (Å²) in [7, 11) is 0. The van der Waals surface area contributed by atoms with Crippen molar-refractivity contribution in [1.29, 1.82) is 0 Å². The summed E-state index contributed by atoms with van der Waals surface area (Å²) in [5.74, 6) is -0.163. The lowest BCUT2D eigenvalue weighted by Crippen LogP contribution is -2.43. The van der Waals surface area contributed by atoms with Crippen LogP contribution in [0.2, 0.25) is 0 Å². The molecule has 2 aromatic rings. The number of carbonyl (C=O) groups excluding carboxylic acids is 2. The van der Waals surface area contributed by atoms with Crippen LogP contribution in [0.3, 0.4) is 0 Å². The van der Waals surface area contributed by atoms with Crippen LogP contribution in [0.5, 0.6) is 0 Å². The topological polar surface area (TPSA) is 91.2 Å². The highest BCUT2D eigenvalue weighted by Gasteiger charge is 2.25. The smallest absolute Gasteiger partial charge is 0.231 e. The van der Waals surface area contributed by atoms with Crippen molar-refractivity contribution in [3.05, 3.63) is 35.0 Å². The van der Waals surface area contributed by atoms with E-state index in [-0.39, 0.29) is 24.3 Å². The third-order valence-electron chi connectivity index (χ3n) is 6.22. The van der Waals surface area contributed by atoms with E-state index < -0.39 is 0 Å². The predicted molar refractivity (Wildman–Crippen MR) is 110 cm³/mol. The van der Waals surface area contributed by atoms with E-state index in [2.05, 4.69) is 28.5 Å².